The topological polar surface area (TPSA) is 85.5 Å². The number of hydrogen-bond donors (Lipinski definition) is 0. The maximum atomic E-state index is 0. The van der Waals surface area contributed by atoms with Crippen molar-refractivity contribution in [3.8, 4) is 0 Å². The van der Waals surface area contributed by atoms with Gasteiger partial charge in [-0.1, -0.05) is 0 Å². The van der Waals surface area contributed by atoms with Crippen molar-refractivity contribution in [2.75, 3.05) is 0 Å². The Labute approximate surface area is 94.8 Å². The van der Waals surface area contributed by atoms with E-state index in [1.807, 2.05) is 0 Å². The molecule has 3 nitrogen and oxygen atoms in total. The summed E-state index contributed by atoms with van der Waals surface area (Å²) in [5, 5.41) is 0. The Morgan fingerprint density at radius 3 is 0.429 bits per heavy atom. The van der Waals surface area contributed by atoms with Gasteiger partial charge < -0.3 is 16.4 Å². The first-order chi connectivity index (χ1) is 0. The van der Waals surface area contributed by atoms with E-state index < -0.39 is 0 Å². The molecule has 0 aliphatic carbocycles. The van der Waals surface area contributed by atoms with Gasteiger partial charge in [-0.3, -0.25) is 0 Å². The summed E-state index contributed by atoms with van der Waals surface area (Å²) in [6, 6.07) is 0. The molecule has 0 fully saturated rings. The van der Waals surface area contributed by atoms with Crippen LogP contribution < -0.4 is 0 Å². The van der Waals surface area contributed by atoms with Gasteiger partial charge in [0.05, 0.1) is 0 Å². The monoisotopic (exact) mass is 338 g/mol. The number of rotatable bonds is 0. The van der Waals surface area contributed by atoms with E-state index in [9.17, 15) is 0 Å². The van der Waals surface area contributed by atoms with Gasteiger partial charge in [0, 0.05) is 44.8 Å². The fraction of sp³-hybridized carbons (Fsp3) is 0. The first-order valence-electron chi connectivity index (χ1n) is 0. The largest absolute Gasteiger partial charge is 3.00 e. The average Bonchev–Trinajstić information content (AvgIpc) is 0. The van der Waals surface area contributed by atoms with Gasteiger partial charge in [0.25, 0.3) is 0 Å². The normalized spacial score (nSPS) is 0. The molecule has 0 heterocycles. The van der Waals surface area contributed by atoms with Gasteiger partial charge >= 0.3 is 34.7 Å². The molecule has 0 unspecified atom stereocenters. The van der Waals surface area contributed by atoms with Gasteiger partial charge in [-0.05, 0) is 0 Å². The van der Waals surface area contributed by atoms with Gasteiger partial charge in [0.2, 0.25) is 0 Å². The summed E-state index contributed by atoms with van der Waals surface area (Å²) in [5.41, 5.74) is 0. The predicted molar refractivity (Wildman–Crippen MR) is 2.06 cm³/mol. The van der Waals surface area contributed by atoms with Crippen LogP contribution in [0.3, 0.4) is 0 Å². The van der Waals surface area contributed by atoms with Crippen molar-refractivity contribution < 1.29 is 95.9 Å². The molecule has 4 radical (unpaired) electrons. The zero-order valence-electron chi connectivity index (χ0n) is 2.94. The summed E-state index contributed by atoms with van der Waals surface area (Å²) in [5.74, 6) is 0. The molecule has 0 spiro atoms. The molecule has 0 saturated heterocycles. The van der Waals surface area contributed by atoms with Crippen LogP contribution in [0.1, 0.15) is 0 Å². The Bertz CT molecular complexity index is 10.9. The molecule has 0 atom stereocenters. The standard InChI is InChI=1S/2Cr.2Nb.3O/q2*+3;;;3*-2. The van der Waals surface area contributed by atoms with Crippen LogP contribution in [0.5, 0.6) is 0 Å². The van der Waals surface area contributed by atoms with Crippen LogP contribution in [-0.4, -0.2) is 0 Å². The predicted octanol–water partition coefficient (Wildman–Crippen LogP) is -0.366. The van der Waals surface area contributed by atoms with E-state index in [2.05, 4.69) is 0 Å². The number of hydrogen-bond acceptors (Lipinski definition) is 0. The molecule has 7 heteroatoms. The third-order valence-corrected chi connectivity index (χ3v) is 0. The third kappa shape index (κ3) is 59.1. The van der Waals surface area contributed by atoms with E-state index in [1.54, 1.807) is 0 Å². The minimum absolute atomic E-state index is 0. The molecule has 0 rings (SSSR count). The Morgan fingerprint density at radius 1 is 0.429 bits per heavy atom. The Balaban J connectivity index is 0. The van der Waals surface area contributed by atoms with Crippen molar-refractivity contribution in [1.82, 2.24) is 0 Å². The molecule has 0 aromatic rings. The van der Waals surface area contributed by atoms with Crippen molar-refractivity contribution in [3.05, 3.63) is 0 Å². The fourth-order valence-electron chi connectivity index (χ4n) is 0. The molecular weight excluding hydrogens is 338 g/mol. The molecule has 0 saturated carbocycles. The van der Waals surface area contributed by atoms with Crippen LogP contribution in [0.4, 0.5) is 0 Å². The molecular formula is Cr2Nb2O3. The molecule has 0 N–H and O–H groups in total. The third-order valence-electron chi connectivity index (χ3n) is 0. The Morgan fingerprint density at radius 2 is 0.429 bits per heavy atom. The molecule has 0 bridgehead atoms. The molecule has 40 valence electrons. The second-order valence-electron chi connectivity index (χ2n) is 0. The van der Waals surface area contributed by atoms with E-state index in [1.165, 1.54) is 0 Å². The first kappa shape index (κ1) is 114. The maximum Gasteiger partial charge on any atom is 3.00 e. The summed E-state index contributed by atoms with van der Waals surface area (Å²) in [7, 11) is 0. The fourth-order valence-corrected chi connectivity index (χ4v) is 0. The van der Waals surface area contributed by atoms with Gasteiger partial charge in [0.15, 0.2) is 0 Å². The van der Waals surface area contributed by atoms with E-state index in [0.29, 0.717) is 0 Å². The summed E-state index contributed by atoms with van der Waals surface area (Å²) in [6.45, 7) is 0. The van der Waals surface area contributed by atoms with Crippen molar-refractivity contribution in [3.63, 3.8) is 0 Å². The summed E-state index contributed by atoms with van der Waals surface area (Å²) in [4.78, 5) is 0. The van der Waals surface area contributed by atoms with Crippen LogP contribution in [0, 0.1) is 0 Å². The second-order valence-corrected chi connectivity index (χ2v) is 0. The van der Waals surface area contributed by atoms with E-state index >= 15 is 0 Å². The molecule has 0 aliphatic heterocycles. The summed E-state index contributed by atoms with van der Waals surface area (Å²) < 4.78 is 0. The SMILES string of the molecule is [Cr+3].[Cr+3].[Nb].[Nb].[O-2].[O-2].[O-2]. The molecule has 0 aliphatic rings. The minimum atomic E-state index is 0. The van der Waals surface area contributed by atoms with Gasteiger partial charge in [-0.2, -0.15) is 0 Å². The Kier molecular flexibility index (Phi) is 1280. The molecule has 0 amide bonds. The van der Waals surface area contributed by atoms with Crippen molar-refractivity contribution >= 4 is 0 Å². The van der Waals surface area contributed by atoms with Crippen molar-refractivity contribution in [2.45, 2.75) is 0 Å². The molecule has 7 heavy (non-hydrogen) atoms. The Hall–Kier alpha value is 2.43. The van der Waals surface area contributed by atoms with Crippen LogP contribution in [0.25, 0.3) is 0 Å². The smallest absolute Gasteiger partial charge is 2.00 e. The van der Waals surface area contributed by atoms with Crippen molar-refractivity contribution in [2.24, 2.45) is 0 Å². The first-order valence-corrected chi connectivity index (χ1v) is 0. The summed E-state index contributed by atoms with van der Waals surface area (Å²) in [6.07, 6.45) is 0. The van der Waals surface area contributed by atoms with Gasteiger partial charge in [-0.25, -0.2) is 0 Å². The summed E-state index contributed by atoms with van der Waals surface area (Å²) >= 11 is 0. The van der Waals surface area contributed by atoms with E-state index in [0.717, 1.165) is 0 Å². The van der Waals surface area contributed by atoms with E-state index in [4.69, 9.17) is 0 Å². The zero-order valence-corrected chi connectivity index (χ0v) is 9.88. The average molecular weight is 338 g/mol. The van der Waals surface area contributed by atoms with Crippen LogP contribution >= 0.6 is 0 Å². The minimum Gasteiger partial charge on any atom is -2.00 e. The quantitative estimate of drug-likeness (QED) is 0.540. The van der Waals surface area contributed by atoms with Gasteiger partial charge in [0.1, 0.15) is 0 Å². The molecule has 0 aromatic heterocycles. The van der Waals surface area contributed by atoms with Gasteiger partial charge in [-0.15, -0.1) is 0 Å². The van der Waals surface area contributed by atoms with Crippen LogP contribution in [0.15, 0.2) is 0 Å². The van der Waals surface area contributed by atoms with Crippen molar-refractivity contribution in [1.29, 1.82) is 0 Å². The van der Waals surface area contributed by atoms with Crippen LogP contribution in [-0.2, 0) is 95.9 Å². The zero-order chi connectivity index (χ0) is 0. The maximum absolute atomic E-state index is 0. The van der Waals surface area contributed by atoms with E-state index in [-0.39, 0.29) is 95.9 Å². The van der Waals surface area contributed by atoms with Crippen LogP contribution in [0.2, 0.25) is 0 Å². The second kappa shape index (κ2) is 79.0. The molecule has 0 aromatic carbocycles.